The number of hydrogen-bond acceptors (Lipinski definition) is 8. The van der Waals surface area contributed by atoms with Gasteiger partial charge in [-0.15, -0.1) is 0 Å². The Labute approximate surface area is 418 Å². The largest absolute Gasteiger partial charge is 0.394 e. The number of aliphatic hydroxyl groups is 5. The van der Waals surface area contributed by atoms with Crippen LogP contribution < -0.4 is 5.32 Å². The lowest BCUT2D eigenvalue weighted by Gasteiger charge is -2.40. The molecule has 0 bridgehead atoms. The van der Waals surface area contributed by atoms with Crippen molar-refractivity contribution >= 4 is 5.91 Å². The van der Waals surface area contributed by atoms with Crippen LogP contribution in [0.3, 0.4) is 0 Å². The van der Waals surface area contributed by atoms with Crippen molar-refractivity contribution in [1.29, 1.82) is 0 Å². The van der Waals surface area contributed by atoms with Crippen molar-refractivity contribution in [3.63, 3.8) is 0 Å². The fraction of sp³-hybridized carbons (Fsp3) is 0.847. The molecule has 7 atom stereocenters. The molecule has 1 heterocycles. The van der Waals surface area contributed by atoms with Gasteiger partial charge in [0.1, 0.15) is 24.4 Å². The number of aliphatic hydroxyl groups excluding tert-OH is 5. The van der Waals surface area contributed by atoms with Gasteiger partial charge in [0, 0.05) is 6.42 Å². The molecular formula is C59H109NO8. The van der Waals surface area contributed by atoms with Gasteiger partial charge in [-0.05, 0) is 70.6 Å². The molecular weight excluding hydrogens is 851 g/mol. The predicted octanol–water partition coefficient (Wildman–Crippen LogP) is 14.1. The Morgan fingerprint density at radius 3 is 1.24 bits per heavy atom. The van der Waals surface area contributed by atoms with Crippen LogP contribution in [0, 0.1) is 0 Å². The van der Waals surface area contributed by atoms with Gasteiger partial charge >= 0.3 is 0 Å². The van der Waals surface area contributed by atoms with Crippen LogP contribution in [0.5, 0.6) is 0 Å². The number of carbonyl (C=O) groups excluding carboxylic acids is 1. The standard InChI is InChI=1S/C59H109NO8/c1-3-5-7-9-11-13-15-17-19-21-23-25-26-27-29-30-32-34-36-38-40-42-44-46-48-53(62)52(51-67-59-58(66)57(65)56(64)54(50-61)68-59)60-55(63)49-47-45-43-41-39-37-35-33-31-28-24-22-20-18-16-14-12-10-8-6-4-2/h22,24,30,32,38,40,46,48,52-54,56-59,61-62,64-66H,3-21,23,25-29,31,33-37,39,41-45,47,49-51H2,1-2H3,(H,60,63)/b24-22-,32-30+,40-38+,48-46+. The number of ether oxygens (including phenoxy) is 2. The molecule has 398 valence electrons. The first-order chi connectivity index (χ1) is 33.3. The highest BCUT2D eigenvalue weighted by Crippen LogP contribution is 2.23. The van der Waals surface area contributed by atoms with Crippen LogP contribution in [-0.4, -0.2) is 87.5 Å². The van der Waals surface area contributed by atoms with Crippen LogP contribution in [0.4, 0.5) is 0 Å². The van der Waals surface area contributed by atoms with E-state index in [4.69, 9.17) is 9.47 Å². The molecule has 9 nitrogen and oxygen atoms in total. The molecule has 0 radical (unpaired) electrons. The van der Waals surface area contributed by atoms with Gasteiger partial charge in [-0.1, -0.05) is 236 Å². The van der Waals surface area contributed by atoms with E-state index < -0.39 is 49.5 Å². The number of allylic oxidation sites excluding steroid dienone is 7. The first kappa shape index (κ1) is 64.2. The van der Waals surface area contributed by atoms with E-state index in [2.05, 4.69) is 55.6 Å². The third-order valence-corrected chi connectivity index (χ3v) is 13.6. The number of nitrogens with one attached hydrogen (secondary N) is 1. The lowest BCUT2D eigenvalue weighted by molar-refractivity contribution is -0.302. The number of hydrogen-bond donors (Lipinski definition) is 6. The van der Waals surface area contributed by atoms with Crippen LogP contribution in [0.25, 0.3) is 0 Å². The summed E-state index contributed by atoms with van der Waals surface area (Å²) in [6.07, 6.45) is 57.5. The van der Waals surface area contributed by atoms with Gasteiger partial charge in [0.2, 0.25) is 5.91 Å². The molecule has 68 heavy (non-hydrogen) atoms. The summed E-state index contributed by atoms with van der Waals surface area (Å²) in [7, 11) is 0. The molecule has 1 aliphatic heterocycles. The van der Waals surface area contributed by atoms with Crippen molar-refractivity contribution in [1.82, 2.24) is 5.32 Å². The van der Waals surface area contributed by atoms with Crippen LogP contribution in [0.15, 0.2) is 48.6 Å². The van der Waals surface area contributed by atoms with Crippen LogP contribution in [0.1, 0.15) is 264 Å². The van der Waals surface area contributed by atoms with E-state index in [0.29, 0.717) is 6.42 Å². The third-order valence-electron chi connectivity index (χ3n) is 13.6. The van der Waals surface area contributed by atoms with Crippen LogP contribution in [-0.2, 0) is 14.3 Å². The summed E-state index contributed by atoms with van der Waals surface area (Å²) in [6, 6.07) is -0.830. The molecule has 1 amide bonds. The van der Waals surface area contributed by atoms with E-state index in [1.165, 1.54) is 199 Å². The molecule has 7 unspecified atom stereocenters. The van der Waals surface area contributed by atoms with Crippen molar-refractivity contribution in [3.05, 3.63) is 48.6 Å². The minimum absolute atomic E-state index is 0.191. The number of amides is 1. The van der Waals surface area contributed by atoms with Crippen LogP contribution in [0.2, 0.25) is 0 Å². The zero-order valence-electron chi connectivity index (χ0n) is 44.1. The Hall–Kier alpha value is -1.85. The van der Waals surface area contributed by atoms with E-state index in [9.17, 15) is 30.3 Å². The van der Waals surface area contributed by atoms with Gasteiger partial charge in [0.15, 0.2) is 6.29 Å². The lowest BCUT2D eigenvalue weighted by Crippen LogP contribution is -2.60. The van der Waals surface area contributed by atoms with Gasteiger partial charge in [-0.2, -0.15) is 0 Å². The molecule has 0 aromatic carbocycles. The fourth-order valence-electron chi connectivity index (χ4n) is 9.01. The Kier molecular flexibility index (Phi) is 46.0. The van der Waals surface area contributed by atoms with E-state index in [-0.39, 0.29) is 12.5 Å². The Balaban J connectivity index is 2.28. The Morgan fingerprint density at radius 1 is 0.485 bits per heavy atom. The smallest absolute Gasteiger partial charge is 0.220 e. The van der Waals surface area contributed by atoms with Gasteiger partial charge in [-0.25, -0.2) is 0 Å². The van der Waals surface area contributed by atoms with E-state index >= 15 is 0 Å². The quantitative estimate of drug-likeness (QED) is 0.0261. The highest BCUT2D eigenvalue weighted by atomic mass is 16.7. The molecule has 0 spiro atoms. The topological polar surface area (TPSA) is 149 Å². The number of unbranched alkanes of at least 4 members (excludes halogenated alkanes) is 33. The maximum atomic E-state index is 13.0. The zero-order chi connectivity index (χ0) is 49.4. The van der Waals surface area contributed by atoms with E-state index in [1.807, 2.05) is 6.08 Å². The summed E-state index contributed by atoms with van der Waals surface area (Å²) in [6.45, 7) is 3.78. The fourth-order valence-corrected chi connectivity index (χ4v) is 9.01. The average Bonchev–Trinajstić information content (AvgIpc) is 3.34. The van der Waals surface area contributed by atoms with Gasteiger partial charge < -0.3 is 40.3 Å². The Bertz CT molecular complexity index is 1210. The summed E-state index contributed by atoms with van der Waals surface area (Å²) >= 11 is 0. The molecule has 1 saturated heterocycles. The molecule has 6 N–H and O–H groups in total. The predicted molar refractivity (Wildman–Crippen MR) is 286 cm³/mol. The normalized spacial score (nSPS) is 19.9. The molecule has 0 aromatic heterocycles. The summed E-state index contributed by atoms with van der Waals surface area (Å²) < 4.78 is 11.3. The second kappa shape index (κ2) is 48.8. The first-order valence-electron chi connectivity index (χ1n) is 28.9. The molecule has 0 saturated carbocycles. The monoisotopic (exact) mass is 960 g/mol. The highest BCUT2D eigenvalue weighted by Gasteiger charge is 2.44. The van der Waals surface area contributed by atoms with Gasteiger partial charge in [0.25, 0.3) is 0 Å². The molecule has 1 aliphatic rings. The average molecular weight is 961 g/mol. The van der Waals surface area contributed by atoms with Crippen molar-refractivity contribution in [2.45, 2.75) is 307 Å². The summed E-state index contributed by atoms with van der Waals surface area (Å²) in [5, 5.41) is 54.5. The maximum Gasteiger partial charge on any atom is 0.220 e. The van der Waals surface area contributed by atoms with Crippen molar-refractivity contribution in [3.8, 4) is 0 Å². The van der Waals surface area contributed by atoms with Gasteiger partial charge in [-0.3, -0.25) is 4.79 Å². The van der Waals surface area contributed by atoms with Crippen molar-refractivity contribution < 1.29 is 39.8 Å². The number of rotatable bonds is 49. The lowest BCUT2D eigenvalue weighted by atomic mass is 9.99. The molecule has 1 rings (SSSR count). The van der Waals surface area contributed by atoms with E-state index in [0.717, 1.165) is 44.9 Å². The third kappa shape index (κ3) is 37.9. The summed E-state index contributed by atoms with van der Waals surface area (Å²) in [5.74, 6) is -0.191. The maximum absolute atomic E-state index is 13.0. The SMILES string of the molecule is CCCCCCCCCC/C=C\CCCCCCCCCCCC(=O)NC(COC1OC(CO)C(O)C(O)C1O)C(O)/C=C/CC/C=C/CC/C=C/CCCCCCCCCCCCCCCC. The minimum atomic E-state index is -1.58. The molecule has 0 aromatic rings. The molecule has 9 heteroatoms. The van der Waals surface area contributed by atoms with Crippen molar-refractivity contribution in [2.75, 3.05) is 13.2 Å². The molecule has 1 fully saturated rings. The summed E-state index contributed by atoms with van der Waals surface area (Å²) in [4.78, 5) is 13.0. The van der Waals surface area contributed by atoms with Crippen LogP contribution >= 0.6 is 0 Å². The first-order valence-corrected chi connectivity index (χ1v) is 28.9. The second-order valence-electron chi connectivity index (χ2n) is 20.1. The Morgan fingerprint density at radius 2 is 0.838 bits per heavy atom. The van der Waals surface area contributed by atoms with E-state index in [1.54, 1.807) is 6.08 Å². The number of carbonyl (C=O) groups is 1. The van der Waals surface area contributed by atoms with Crippen molar-refractivity contribution in [2.24, 2.45) is 0 Å². The summed E-state index contributed by atoms with van der Waals surface area (Å²) in [5.41, 5.74) is 0. The highest BCUT2D eigenvalue weighted by molar-refractivity contribution is 5.76. The van der Waals surface area contributed by atoms with Gasteiger partial charge in [0.05, 0.1) is 25.4 Å². The minimum Gasteiger partial charge on any atom is -0.394 e. The molecule has 0 aliphatic carbocycles. The second-order valence-corrected chi connectivity index (χ2v) is 20.1. The zero-order valence-corrected chi connectivity index (χ0v) is 44.1.